The molecular formula is C22H24N4O3. The molecule has 150 valence electrons. The standard InChI is InChI=1S/C22H24N4O3/c1-24-17-7-5-4-6-16(17)23-21(24)13-25-12-14-10-19(25)22(27)26(14)18-11-15(28-2)8-9-20(18)29-3/h4-9,11,14,19H,10,12-13H2,1-3H3/t14-,19-/m0/s1. The summed E-state index contributed by atoms with van der Waals surface area (Å²) in [5.74, 6) is 2.50. The maximum atomic E-state index is 13.3. The molecule has 2 atom stereocenters. The van der Waals surface area contributed by atoms with Crippen molar-refractivity contribution >= 4 is 22.6 Å². The predicted molar refractivity (Wildman–Crippen MR) is 110 cm³/mol. The normalized spacial score (nSPS) is 21.3. The third-order valence-corrected chi connectivity index (χ3v) is 6.14. The van der Waals surface area contributed by atoms with Crippen LogP contribution in [0.1, 0.15) is 12.2 Å². The summed E-state index contributed by atoms with van der Waals surface area (Å²) in [5.41, 5.74) is 2.89. The number of amides is 1. The average Bonchev–Trinajstić information content (AvgIpc) is 3.39. The molecular weight excluding hydrogens is 368 g/mol. The monoisotopic (exact) mass is 392 g/mol. The molecule has 3 aromatic rings. The van der Waals surface area contributed by atoms with E-state index in [1.165, 1.54) is 0 Å². The molecule has 1 aromatic heterocycles. The largest absolute Gasteiger partial charge is 0.497 e. The van der Waals surface area contributed by atoms with Gasteiger partial charge in [0, 0.05) is 19.7 Å². The number of aromatic nitrogens is 2. The molecule has 0 unspecified atom stereocenters. The molecule has 0 spiro atoms. The van der Waals surface area contributed by atoms with Gasteiger partial charge in [-0.15, -0.1) is 0 Å². The number of nitrogens with zero attached hydrogens (tertiary/aromatic N) is 4. The summed E-state index contributed by atoms with van der Waals surface area (Å²) < 4.78 is 13.0. The molecule has 2 aliphatic heterocycles. The molecule has 5 rings (SSSR count). The third-order valence-electron chi connectivity index (χ3n) is 6.14. The van der Waals surface area contributed by atoms with Crippen molar-refractivity contribution in [2.45, 2.75) is 25.0 Å². The van der Waals surface area contributed by atoms with Gasteiger partial charge in [-0.3, -0.25) is 9.69 Å². The van der Waals surface area contributed by atoms with Crippen LogP contribution >= 0.6 is 0 Å². The lowest BCUT2D eigenvalue weighted by Gasteiger charge is -2.34. The number of para-hydroxylation sites is 2. The molecule has 2 aromatic carbocycles. The van der Waals surface area contributed by atoms with Crippen LogP contribution in [0.3, 0.4) is 0 Å². The summed E-state index contributed by atoms with van der Waals surface area (Å²) >= 11 is 0. The summed E-state index contributed by atoms with van der Waals surface area (Å²) in [6.07, 6.45) is 0.823. The highest BCUT2D eigenvalue weighted by atomic mass is 16.5. The van der Waals surface area contributed by atoms with Gasteiger partial charge in [0.1, 0.15) is 17.3 Å². The first kappa shape index (κ1) is 18.0. The first-order chi connectivity index (χ1) is 14.1. The number of hydrogen-bond donors (Lipinski definition) is 0. The molecule has 2 aliphatic rings. The lowest BCUT2D eigenvalue weighted by molar-refractivity contribution is -0.122. The molecule has 0 aliphatic carbocycles. The Labute approximate surface area is 169 Å². The van der Waals surface area contributed by atoms with Gasteiger partial charge in [0.15, 0.2) is 0 Å². The fourth-order valence-electron chi connectivity index (χ4n) is 4.66. The van der Waals surface area contributed by atoms with Crippen LogP contribution in [0.4, 0.5) is 5.69 Å². The van der Waals surface area contributed by atoms with Crippen LogP contribution in [-0.2, 0) is 18.4 Å². The second kappa shape index (κ2) is 6.77. The predicted octanol–water partition coefficient (Wildman–Crippen LogP) is 2.58. The molecule has 1 amide bonds. The fourth-order valence-corrected chi connectivity index (χ4v) is 4.66. The Morgan fingerprint density at radius 2 is 1.97 bits per heavy atom. The number of aryl methyl sites for hydroxylation is 1. The molecule has 0 N–H and O–H groups in total. The molecule has 2 bridgehead atoms. The van der Waals surface area contributed by atoms with E-state index in [0.29, 0.717) is 18.0 Å². The Bertz CT molecular complexity index is 1090. The summed E-state index contributed by atoms with van der Waals surface area (Å²) in [4.78, 5) is 22.2. The van der Waals surface area contributed by atoms with Crippen molar-refractivity contribution in [3.05, 3.63) is 48.3 Å². The van der Waals surface area contributed by atoms with E-state index in [1.807, 2.05) is 48.3 Å². The zero-order valence-electron chi connectivity index (χ0n) is 16.8. The Balaban J connectivity index is 1.40. The molecule has 2 saturated heterocycles. The van der Waals surface area contributed by atoms with Crippen LogP contribution in [0.2, 0.25) is 0 Å². The van der Waals surface area contributed by atoms with Gasteiger partial charge >= 0.3 is 0 Å². The summed E-state index contributed by atoms with van der Waals surface area (Å²) in [6.45, 7) is 1.49. The van der Waals surface area contributed by atoms with Crippen LogP contribution in [0, 0.1) is 0 Å². The molecule has 29 heavy (non-hydrogen) atoms. The van der Waals surface area contributed by atoms with Crippen molar-refractivity contribution in [1.29, 1.82) is 0 Å². The zero-order valence-corrected chi connectivity index (χ0v) is 16.8. The summed E-state index contributed by atoms with van der Waals surface area (Å²) in [7, 11) is 5.29. The highest BCUT2D eigenvalue weighted by Gasteiger charge is 2.51. The van der Waals surface area contributed by atoms with E-state index in [9.17, 15) is 4.79 Å². The van der Waals surface area contributed by atoms with Crippen molar-refractivity contribution in [3.8, 4) is 11.5 Å². The van der Waals surface area contributed by atoms with Crippen molar-refractivity contribution in [1.82, 2.24) is 14.5 Å². The van der Waals surface area contributed by atoms with Crippen LogP contribution in [-0.4, -0.2) is 53.2 Å². The van der Waals surface area contributed by atoms with E-state index in [4.69, 9.17) is 14.5 Å². The van der Waals surface area contributed by atoms with E-state index in [1.54, 1.807) is 14.2 Å². The molecule has 0 saturated carbocycles. The lowest BCUT2D eigenvalue weighted by Crippen LogP contribution is -2.50. The van der Waals surface area contributed by atoms with Crippen LogP contribution < -0.4 is 14.4 Å². The van der Waals surface area contributed by atoms with Gasteiger partial charge in [-0.1, -0.05) is 12.1 Å². The van der Waals surface area contributed by atoms with Crippen LogP contribution in [0.5, 0.6) is 11.5 Å². The molecule has 7 nitrogen and oxygen atoms in total. The molecule has 2 fully saturated rings. The van der Waals surface area contributed by atoms with Crippen molar-refractivity contribution in [3.63, 3.8) is 0 Å². The van der Waals surface area contributed by atoms with Gasteiger partial charge in [-0.05, 0) is 30.7 Å². The number of rotatable bonds is 5. The van der Waals surface area contributed by atoms with Gasteiger partial charge in [0.2, 0.25) is 5.91 Å². The first-order valence-electron chi connectivity index (χ1n) is 9.80. The number of benzene rings is 2. The topological polar surface area (TPSA) is 59.8 Å². The quantitative estimate of drug-likeness (QED) is 0.668. The van der Waals surface area contributed by atoms with Gasteiger partial charge in [0.05, 0.1) is 49.6 Å². The number of likely N-dealkylation sites (tertiary alicyclic amines) is 1. The molecule has 3 heterocycles. The molecule has 7 heteroatoms. The summed E-state index contributed by atoms with van der Waals surface area (Å²) in [6, 6.07) is 13.7. The Morgan fingerprint density at radius 1 is 1.14 bits per heavy atom. The number of methoxy groups -OCH3 is 2. The number of hydrogen-bond acceptors (Lipinski definition) is 5. The number of piperazine rings is 1. The smallest absolute Gasteiger partial charge is 0.244 e. The van der Waals surface area contributed by atoms with E-state index < -0.39 is 0 Å². The van der Waals surface area contributed by atoms with Gasteiger partial charge in [0.25, 0.3) is 0 Å². The minimum absolute atomic E-state index is 0.117. The average molecular weight is 392 g/mol. The van der Waals surface area contributed by atoms with Gasteiger partial charge < -0.3 is 18.9 Å². The van der Waals surface area contributed by atoms with Crippen molar-refractivity contribution in [2.75, 3.05) is 25.7 Å². The van der Waals surface area contributed by atoms with Crippen molar-refractivity contribution in [2.24, 2.45) is 7.05 Å². The van der Waals surface area contributed by atoms with Crippen LogP contribution in [0.25, 0.3) is 11.0 Å². The fraction of sp³-hybridized carbons (Fsp3) is 0.364. The van der Waals surface area contributed by atoms with Crippen molar-refractivity contribution < 1.29 is 14.3 Å². The number of carbonyl (C=O) groups is 1. The number of imidazole rings is 1. The Morgan fingerprint density at radius 3 is 2.69 bits per heavy atom. The van der Waals surface area contributed by atoms with E-state index in [0.717, 1.165) is 35.5 Å². The van der Waals surface area contributed by atoms with Gasteiger partial charge in [-0.25, -0.2) is 4.98 Å². The highest BCUT2D eigenvalue weighted by molar-refractivity contribution is 6.02. The van der Waals surface area contributed by atoms with Gasteiger partial charge in [-0.2, -0.15) is 0 Å². The zero-order chi connectivity index (χ0) is 20.1. The third kappa shape index (κ3) is 2.76. The minimum atomic E-state index is -0.129. The summed E-state index contributed by atoms with van der Waals surface area (Å²) in [5, 5.41) is 0. The maximum absolute atomic E-state index is 13.3. The highest BCUT2D eigenvalue weighted by Crippen LogP contribution is 2.41. The van der Waals surface area contributed by atoms with E-state index in [-0.39, 0.29) is 18.0 Å². The Hall–Kier alpha value is -3.06. The first-order valence-corrected chi connectivity index (χ1v) is 9.80. The maximum Gasteiger partial charge on any atom is 0.244 e. The Kier molecular flexibility index (Phi) is 4.20. The number of ether oxygens (including phenoxy) is 2. The minimum Gasteiger partial charge on any atom is -0.497 e. The van der Waals surface area contributed by atoms with E-state index >= 15 is 0 Å². The number of carbonyl (C=O) groups excluding carboxylic acids is 1. The number of fused-ring (bicyclic) bond motifs is 3. The SMILES string of the molecule is COc1ccc(OC)c(N2C(=O)[C@@H]3C[C@H]2CN3Cc2nc3ccccc3n2C)c1. The molecule has 0 radical (unpaired) electrons. The number of anilines is 1. The second-order valence-electron chi connectivity index (χ2n) is 7.66. The second-order valence-corrected chi connectivity index (χ2v) is 7.66. The van der Waals surface area contributed by atoms with E-state index in [2.05, 4.69) is 15.5 Å². The van der Waals surface area contributed by atoms with Crippen LogP contribution in [0.15, 0.2) is 42.5 Å². The lowest BCUT2D eigenvalue weighted by atomic mass is 10.2.